The van der Waals surface area contributed by atoms with E-state index in [1.165, 1.54) is 17.7 Å². The maximum atomic E-state index is 11.7. The van der Waals surface area contributed by atoms with Gasteiger partial charge in [-0.3, -0.25) is 15.1 Å². The van der Waals surface area contributed by atoms with Gasteiger partial charge in [-0.1, -0.05) is 18.2 Å². The van der Waals surface area contributed by atoms with Crippen molar-refractivity contribution in [2.24, 2.45) is 4.99 Å². The van der Waals surface area contributed by atoms with Crippen LogP contribution in [0.3, 0.4) is 0 Å². The van der Waals surface area contributed by atoms with E-state index in [0.29, 0.717) is 13.1 Å². The predicted molar refractivity (Wildman–Crippen MR) is 134 cm³/mol. The quantitative estimate of drug-likeness (QED) is 0.134. The number of hydrogen-bond donors (Lipinski definition) is 2. The number of benzene rings is 2. The average molecular weight is 559 g/mol. The van der Waals surface area contributed by atoms with Crippen molar-refractivity contribution in [3.05, 3.63) is 58.1 Å². The van der Waals surface area contributed by atoms with E-state index in [1.807, 2.05) is 19.1 Å². The number of anilines is 2. The fourth-order valence-corrected chi connectivity index (χ4v) is 3.99. The number of nitrogens with one attached hydrogen (secondary N) is 2. The van der Waals surface area contributed by atoms with Gasteiger partial charge in [0.15, 0.2) is 15.8 Å². The standard InChI is InChI=1S/C20H25N5O4S.HI/c1-3-21-20(24-13-10-15-6-4-5-7-18(15)24)23-12-11-22-17-9-8-16(30(2,28)29)14-19(17)25(26)27;/h4-9,14,22H,3,10-13H2,1-2H3,(H,21,23);1H. The molecule has 0 aromatic heterocycles. The highest BCUT2D eigenvalue weighted by Crippen LogP contribution is 2.28. The summed E-state index contributed by atoms with van der Waals surface area (Å²) >= 11 is 0. The fourth-order valence-electron chi connectivity index (χ4n) is 3.35. The molecule has 0 unspecified atom stereocenters. The van der Waals surface area contributed by atoms with E-state index in [2.05, 4.69) is 32.7 Å². The normalized spacial score (nSPS) is 13.4. The van der Waals surface area contributed by atoms with Gasteiger partial charge >= 0.3 is 0 Å². The molecule has 1 heterocycles. The van der Waals surface area contributed by atoms with E-state index < -0.39 is 14.8 Å². The zero-order chi connectivity index (χ0) is 21.7. The maximum absolute atomic E-state index is 11.7. The molecule has 0 radical (unpaired) electrons. The largest absolute Gasteiger partial charge is 0.378 e. The molecule has 0 aliphatic carbocycles. The molecular formula is C20H26IN5O4S. The van der Waals surface area contributed by atoms with Crippen molar-refractivity contribution in [1.82, 2.24) is 5.32 Å². The molecule has 1 aliphatic rings. The van der Waals surface area contributed by atoms with Gasteiger partial charge in [0.1, 0.15) is 5.69 Å². The lowest BCUT2D eigenvalue weighted by Gasteiger charge is -2.22. The van der Waals surface area contributed by atoms with E-state index in [1.54, 1.807) is 0 Å². The second kappa shape index (κ2) is 10.8. The Labute approximate surface area is 199 Å². The van der Waals surface area contributed by atoms with Gasteiger partial charge in [0, 0.05) is 37.6 Å². The molecule has 31 heavy (non-hydrogen) atoms. The molecule has 168 valence electrons. The zero-order valence-electron chi connectivity index (χ0n) is 17.4. The topological polar surface area (TPSA) is 117 Å². The summed E-state index contributed by atoms with van der Waals surface area (Å²) < 4.78 is 23.3. The van der Waals surface area contributed by atoms with Gasteiger partial charge in [-0.2, -0.15) is 0 Å². The number of halogens is 1. The van der Waals surface area contributed by atoms with Crippen LogP contribution in [0.2, 0.25) is 0 Å². The first-order chi connectivity index (χ1) is 14.3. The molecule has 0 fully saturated rings. The highest BCUT2D eigenvalue weighted by molar-refractivity contribution is 14.0. The first-order valence-corrected chi connectivity index (χ1v) is 11.6. The first-order valence-electron chi connectivity index (χ1n) is 9.67. The number of nitro benzene ring substituents is 1. The number of nitrogens with zero attached hydrogens (tertiary/aromatic N) is 3. The van der Waals surface area contributed by atoms with Crippen molar-refractivity contribution in [2.75, 3.05) is 42.7 Å². The molecule has 0 saturated carbocycles. The molecule has 0 saturated heterocycles. The number of aliphatic imine (C=N–C) groups is 1. The van der Waals surface area contributed by atoms with E-state index in [9.17, 15) is 18.5 Å². The summed E-state index contributed by atoms with van der Waals surface area (Å²) in [6.45, 7) is 4.33. The Kier molecular flexibility index (Phi) is 8.62. The summed E-state index contributed by atoms with van der Waals surface area (Å²) in [5.74, 6) is 0.770. The van der Waals surface area contributed by atoms with Crippen molar-refractivity contribution >= 4 is 56.8 Å². The molecule has 2 aromatic rings. The van der Waals surface area contributed by atoms with Gasteiger partial charge in [-0.25, -0.2) is 8.42 Å². The van der Waals surface area contributed by atoms with Crippen molar-refractivity contribution in [3.63, 3.8) is 0 Å². The Morgan fingerprint density at radius 2 is 2.00 bits per heavy atom. The highest BCUT2D eigenvalue weighted by atomic mass is 127. The van der Waals surface area contributed by atoms with Crippen LogP contribution in [0.25, 0.3) is 0 Å². The molecule has 0 spiro atoms. The minimum absolute atomic E-state index is 0. The lowest BCUT2D eigenvalue weighted by atomic mass is 10.2. The van der Waals surface area contributed by atoms with Gasteiger partial charge in [0.25, 0.3) is 5.69 Å². The number of sulfone groups is 1. The summed E-state index contributed by atoms with van der Waals surface area (Å²) in [5, 5.41) is 17.6. The van der Waals surface area contributed by atoms with E-state index in [-0.39, 0.29) is 40.2 Å². The number of para-hydroxylation sites is 1. The van der Waals surface area contributed by atoms with Crippen LogP contribution < -0.4 is 15.5 Å². The van der Waals surface area contributed by atoms with Crippen LogP contribution in [-0.2, 0) is 16.3 Å². The summed E-state index contributed by atoms with van der Waals surface area (Å²) in [5.41, 5.74) is 2.40. The van der Waals surface area contributed by atoms with Crippen LogP contribution in [-0.4, -0.2) is 51.7 Å². The first kappa shape index (κ1) is 24.9. The summed E-state index contributed by atoms with van der Waals surface area (Å²) in [4.78, 5) is 17.5. The second-order valence-electron chi connectivity index (χ2n) is 6.90. The van der Waals surface area contributed by atoms with Crippen molar-refractivity contribution in [1.29, 1.82) is 0 Å². The smallest absolute Gasteiger partial charge is 0.293 e. The average Bonchev–Trinajstić information content (AvgIpc) is 3.13. The molecule has 0 bridgehead atoms. The van der Waals surface area contributed by atoms with Gasteiger partial charge < -0.3 is 15.5 Å². The Hall–Kier alpha value is -2.41. The molecular weight excluding hydrogens is 533 g/mol. The molecule has 9 nitrogen and oxygen atoms in total. The third kappa shape index (κ3) is 6.06. The molecule has 2 N–H and O–H groups in total. The van der Waals surface area contributed by atoms with E-state index in [0.717, 1.165) is 43.5 Å². The maximum Gasteiger partial charge on any atom is 0.293 e. The lowest BCUT2D eigenvalue weighted by Crippen LogP contribution is -2.40. The Morgan fingerprint density at radius 1 is 1.26 bits per heavy atom. The monoisotopic (exact) mass is 559 g/mol. The molecule has 2 aromatic carbocycles. The van der Waals surface area contributed by atoms with Crippen molar-refractivity contribution in [3.8, 4) is 0 Å². The number of guanidine groups is 1. The van der Waals surface area contributed by atoms with Crippen molar-refractivity contribution in [2.45, 2.75) is 18.2 Å². The van der Waals surface area contributed by atoms with Gasteiger partial charge in [0.05, 0.1) is 16.4 Å². The lowest BCUT2D eigenvalue weighted by molar-refractivity contribution is -0.384. The number of rotatable bonds is 7. The van der Waals surface area contributed by atoms with E-state index >= 15 is 0 Å². The molecule has 0 atom stereocenters. The SMILES string of the molecule is CCNC(=NCCNc1ccc(S(C)(=O)=O)cc1[N+](=O)[O-])N1CCc2ccccc21.I. The summed E-state index contributed by atoms with van der Waals surface area (Å²) in [6, 6.07) is 12.1. The van der Waals surface area contributed by atoms with Crippen LogP contribution >= 0.6 is 24.0 Å². The zero-order valence-corrected chi connectivity index (χ0v) is 20.5. The predicted octanol–water partition coefficient (Wildman–Crippen LogP) is 3.06. The Bertz CT molecular complexity index is 1070. The third-order valence-corrected chi connectivity index (χ3v) is 5.87. The highest BCUT2D eigenvalue weighted by Gasteiger charge is 2.22. The number of nitro groups is 1. The number of hydrogen-bond acceptors (Lipinski definition) is 6. The van der Waals surface area contributed by atoms with Crippen LogP contribution in [0.15, 0.2) is 52.4 Å². The Morgan fingerprint density at radius 3 is 2.68 bits per heavy atom. The van der Waals surface area contributed by atoms with Crippen LogP contribution in [0.5, 0.6) is 0 Å². The minimum atomic E-state index is -3.52. The molecule has 1 aliphatic heterocycles. The summed E-state index contributed by atoms with van der Waals surface area (Å²) in [6.07, 6.45) is 1.98. The summed E-state index contributed by atoms with van der Waals surface area (Å²) in [7, 11) is -3.52. The molecule has 0 amide bonds. The van der Waals surface area contributed by atoms with Gasteiger partial charge in [0.2, 0.25) is 0 Å². The minimum Gasteiger partial charge on any atom is -0.378 e. The van der Waals surface area contributed by atoms with E-state index in [4.69, 9.17) is 0 Å². The fraction of sp³-hybridized carbons (Fsp3) is 0.350. The van der Waals surface area contributed by atoms with Gasteiger partial charge in [-0.05, 0) is 37.1 Å². The third-order valence-electron chi connectivity index (χ3n) is 4.76. The van der Waals surface area contributed by atoms with Crippen LogP contribution in [0, 0.1) is 10.1 Å². The molecule has 3 rings (SSSR count). The van der Waals surface area contributed by atoms with Gasteiger partial charge in [-0.15, -0.1) is 24.0 Å². The number of fused-ring (bicyclic) bond motifs is 1. The molecule has 11 heteroatoms. The van der Waals surface area contributed by atoms with Crippen LogP contribution in [0.1, 0.15) is 12.5 Å². The van der Waals surface area contributed by atoms with Crippen LogP contribution in [0.4, 0.5) is 17.1 Å². The van der Waals surface area contributed by atoms with Crippen molar-refractivity contribution < 1.29 is 13.3 Å². The Balaban J connectivity index is 0.00000341. The second-order valence-corrected chi connectivity index (χ2v) is 8.92.